The Morgan fingerprint density at radius 3 is 2.52 bits per heavy atom. The first-order valence-corrected chi connectivity index (χ1v) is 7.99. The first-order chi connectivity index (χ1) is 11.0. The normalized spacial score (nSPS) is 17.4. The number of piperidine rings is 1. The van der Waals surface area contributed by atoms with Crippen molar-refractivity contribution in [1.29, 1.82) is 0 Å². The topological polar surface area (TPSA) is 114 Å². The lowest BCUT2D eigenvalue weighted by molar-refractivity contribution is 0.333. The second kappa shape index (κ2) is 6.43. The van der Waals surface area contributed by atoms with Crippen LogP contribution < -0.4 is 16.4 Å². The van der Waals surface area contributed by atoms with Crippen molar-refractivity contribution in [2.75, 3.05) is 23.7 Å². The van der Waals surface area contributed by atoms with E-state index in [4.69, 9.17) is 39.2 Å². The molecular formula is C14H17Cl2N5O2. The SMILES string of the molecule is Nc1nc(N2CCC(C(N)c3cc(Cl)c(Cl)cc3O)CC2)no1. The van der Waals surface area contributed by atoms with Crippen LogP contribution in [0.15, 0.2) is 16.7 Å². The van der Waals surface area contributed by atoms with E-state index in [1.165, 1.54) is 6.07 Å². The van der Waals surface area contributed by atoms with E-state index in [9.17, 15) is 5.11 Å². The largest absolute Gasteiger partial charge is 0.508 e. The highest BCUT2D eigenvalue weighted by atomic mass is 35.5. The molecule has 0 bridgehead atoms. The number of aromatic hydroxyl groups is 1. The molecule has 1 aliphatic heterocycles. The Labute approximate surface area is 143 Å². The molecule has 1 fully saturated rings. The number of anilines is 2. The van der Waals surface area contributed by atoms with Crippen LogP contribution in [-0.2, 0) is 0 Å². The third kappa shape index (κ3) is 3.31. The van der Waals surface area contributed by atoms with Gasteiger partial charge in [0.2, 0.25) is 0 Å². The molecule has 23 heavy (non-hydrogen) atoms. The van der Waals surface area contributed by atoms with E-state index in [1.807, 2.05) is 4.90 Å². The predicted octanol–water partition coefficient (Wildman–Crippen LogP) is 2.58. The van der Waals surface area contributed by atoms with E-state index >= 15 is 0 Å². The van der Waals surface area contributed by atoms with Crippen molar-refractivity contribution in [2.24, 2.45) is 11.7 Å². The molecule has 124 valence electrons. The number of nitrogen functional groups attached to an aromatic ring is 1. The number of hydrogen-bond donors (Lipinski definition) is 3. The van der Waals surface area contributed by atoms with Crippen molar-refractivity contribution in [3.05, 3.63) is 27.7 Å². The van der Waals surface area contributed by atoms with Crippen LogP contribution in [-0.4, -0.2) is 28.3 Å². The number of nitrogens with zero attached hydrogens (tertiary/aromatic N) is 3. The highest BCUT2D eigenvalue weighted by molar-refractivity contribution is 6.42. The molecule has 1 unspecified atom stereocenters. The maximum Gasteiger partial charge on any atom is 0.320 e. The quantitative estimate of drug-likeness (QED) is 0.772. The molecule has 2 aromatic rings. The Morgan fingerprint density at radius 1 is 1.26 bits per heavy atom. The van der Waals surface area contributed by atoms with Crippen molar-refractivity contribution in [1.82, 2.24) is 10.1 Å². The molecule has 1 saturated heterocycles. The Kier molecular flexibility index (Phi) is 4.52. The minimum absolute atomic E-state index is 0.0551. The fourth-order valence-corrected chi connectivity index (χ4v) is 3.22. The van der Waals surface area contributed by atoms with Crippen LogP contribution in [0.2, 0.25) is 10.0 Å². The van der Waals surface area contributed by atoms with Crippen molar-refractivity contribution in [2.45, 2.75) is 18.9 Å². The zero-order valence-corrected chi connectivity index (χ0v) is 13.8. The van der Waals surface area contributed by atoms with E-state index in [2.05, 4.69) is 10.1 Å². The zero-order valence-electron chi connectivity index (χ0n) is 12.2. The van der Waals surface area contributed by atoms with Crippen LogP contribution in [0, 0.1) is 5.92 Å². The van der Waals surface area contributed by atoms with Gasteiger partial charge in [0.1, 0.15) is 5.75 Å². The number of hydrogen-bond acceptors (Lipinski definition) is 7. The monoisotopic (exact) mass is 357 g/mol. The zero-order chi connectivity index (χ0) is 16.6. The third-order valence-electron chi connectivity index (χ3n) is 4.19. The van der Waals surface area contributed by atoms with E-state index in [0.717, 1.165) is 25.9 Å². The van der Waals surface area contributed by atoms with Crippen molar-refractivity contribution >= 4 is 35.2 Å². The number of phenols is 1. The van der Waals surface area contributed by atoms with Crippen LogP contribution in [0.1, 0.15) is 24.4 Å². The fourth-order valence-electron chi connectivity index (χ4n) is 2.89. The van der Waals surface area contributed by atoms with Gasteiger partial charge >= 0.3 is 6.01 Å². The average Bonchev–Trinajstić information content (AvgIpc) is 2.97. The standard InChI is InChI=1S/C14H17Cl2N5O2/c15-9-5-8(11(22)6-10(9)16)12(17)7-1-3-21(4-2-7)14-19-13(18)23-20-14/h5-7,12,22H,1-4,17H2,(H2,18,19,20). The van der Waals surface area contributed by atoms with Gasteiger partial charge in [-0.05, 0) is 30.0 Å². The minimum atomic E-state index is -0.317. The molecule has 2 heterocycles. The summed E-state index contributed by atoms with van der Waals surface area (Å²) in [6.07, 6.45) is 1.66. The summed E-state index contributed by atoms with van der Waals surface area (Å²) in [5, 5.41) is 14.6. The van der Waals surface area contributed by atoms with Crippen LogP contribution in [0.5, 0.6) is 5.75 Å². The first kappa shape index (κ1) is 16.2. The number of benzene rings is 1. The highest BCUT2D eigenvalue weighted by Crippen LogP contribution is 2.38. The second-order valence-electron chi connectivity index (χ2n) is 5.61. The summed E-state index contributed by atoms with van der Waals surface area (Å²) in [6, 6.07) is 2.80. The average molecular weight is 358 g/mol. The Balaban J connectivity index is 1.68. The third-order valence-corrected chi connectivity index (χ3v) is 4.91. The molecule has 3 rings (SSSR count). The summed E-state index contributed by atoms with van der Waals surface area (Å²) >= 11 is 11.9. The molecule has 1 aliphatic rings. The Hall–Kier alpha value is -1.70. The van der Waals surface area contributed by atoms with E-state index in [1.54, 1.807) is 6.07 Å². The molecule has 0 radical (unpaired) electrons. The van der Waals surface area contributed by atoms with Crippen LogP contribution in [0.25, 0.3) is 0 Å². The van der Waals surface area contributed by atoms with Crippen LogP contribution in [0.4, 0.5) is 12.0 Å². The van der Waals surface area contributed by atoms with Gasteiger partial charge < -0.3 is 26.0 Å². The lowest BCUT2D eigenvalue weighted by atomic mass is 9.85. The summed E-state index contributed by atoms with van der Waals surface area (Å²) in [4.78, 5) is 6.02. The Bertz CT molecular complexity index is 700. The molecule has 5 N–H and O–H groups in total. The van der Waals surface area contributed by atoms with Gasteiger partial charge in [-0.1, -0.05) is 23.2 Å². The van der Waals surface area contributed by atoms with Gasteiger partial charge in [-0.15, -0.1) is 0 Å². The van der Waals surface area contributed by atoms with Gasteiger partial charge in [-0.3, -0.25) is 0 Å². The summed E-state index contributed by atoms with van der Waals surface area (Å²) < 4.78 is 4.79. The van der Waals surface area contributed by atoms with E-state index in [0.29, 0.717) is 21.6 Å². The van der Waals surface area contributed by atoms with Crippen LogP contribution in [0.3, 0.4) is 0 Å². The molecule has 0 spiro atoms. The van der Waals surface area contributed by atoms with E-state index in [-0.39, 0.29) is 23.7 Å². The summed E-state index contributed by atoms with van der Waals surface area (Å²) in [6.45, 7) is 1.47. The summed E-state index contributed by atoms with van der Waals surface area (Å²) in [5.74, 6) is 0.769. The first-order valence-electron chi connectivity index (χ1n) is 7.23. The maximum absolute atomic E-state index is 10.1. The van der Waals surface area contributed by atoms with Crippen LogP contribution >= 0.6 is 23.2 Å². The van der Waals surface area contributed by atoms with Gasteiger partial charge in [-0.2, -0.15) is 4.98 Å². The molecule has 1 atom stereocenters. The number of phenolic OH excluding ortho intramolecular Hbond substituents is 1. The lowest BCUT2D eigenvalue weighted by Crippen LogP contribution is -2.38. The second-order valence-corrected chi connectivity index (χ2v) is 6.42. The highest BCUT2D eigenvalue weighted by Gasteiger charge is 2.28. The number of aromatic nitrogens is 2. The molecule has 9 heteroatoms. The van der Waals surface area contributed by atoms with Gasteiger partial charge in [-0.25, -0.2) is 0 Å². The van der Waals surface area contributed by atoms with Gasteiger partial charge in [0.05, 0.1) is 10.0 Å². The number of halogens is 2. The van der Waals surface area contributed by atoms with Crippen molar-refractivity contribution < 1.29 is 9.63 Å². The van der Waals surface area contributed by atoms with Crippen molar-refractivity contribution in [3.8, 4) is 5.75 Å². The fraction of sp³-hybridized carbons (Fsp3) is 0.429. The number of rotatable bonds is 3. The van der Waals surface area contributed by atoms with Crippen molar-refractivity contribution in [3.63, 3.8) is 0 Å². The minimum Gasteiger partial charge on any atom is -0.508 e. The molecule has 1 aromatic heterocycles. The van der Waals surface area contributed by atoms with Gasteiger partial charge in [0.15, 0.2) is 0 Å². The molecule has 7 nitrogen and oxygen atoms in total. The molecule has 0 aliphatic carbocycles. The predicted molar refractivity (Wildman–Crippen MR) is 88.7 cm³/mol. The maximum atomic E-state index is 10.1. The molecule has 0 amide bonds. The number of nitrogens with two attached hydrogens (primary N) is 2. The summed E-state index contributed by atoms with van der Waals surface area (Å²) in [5.41, 5.74) is 12.4. The van der Waals surface area contributed by atoms with Gasteiger partial charge in [0.25, 0.3) is 5.95 Å². The van der Waals surface area contributed by atoms with E-state index < -0.39 is 0 Å². The van der Waals surface area contributed by atoms with Gasteiger partial charge in [0, 0.05) is 30.8 Å². The molecule has 0 saturated carbocycles. The Morgan fingerprint density at radius 2 is 1.91 bits per heavy atom. The molecular weight excluding hydrogens is 341 g/mol. The lowest BCUT2D eigenvalue weighted by Gasteiger charge is -2.34. The smallest absolute Gasteiger partial charge is 0.320 e. The summed E-state index contributed by atoms with van der Waals surface area (Å²) in [7, 11) is 0. The molecule has 1 aromatic carbocycles.